The van der Waals surface area contributed by atoms with Gasteiger partial charge in [-0.05, 0) is 84.0 Å². The van der Waals surface area contributed by atoms with Crippen molar-refractivity contribution in [3.63, 3.8) is 0 Å². The molecule has 24 heavy (non-hydrogen) atoms. The Kier molecular flexibility index (Phi) is 4.98. The summed E-state index contributed by atoms with van der Waals surface area (Å²) in [5.41, 5.74) is 4.20. The van der Waals surface area contributed by atoms with Crippen LogP contribution in [0.5, 0.6) is 0 Å². The topological polar surface area (TPSA) is 49.4 Å². The van der Waals surface area contributed by atoms with Gasteiger partial charge in [0.25, 0.3) is 0 Å². The number of halogens is 2. The van der Waals surface area contributed by atoms with Crippen LogP contribution in [0.25, 0.3) is 0 Å². The van der Waals surface area contributed by atoms with E-state index in [1.807, 2.05) is 13.8 Å². The molecule has 0 radical (unpaired) electrons. The first kappa shape index (κ1) is 18.2. The second-order valence-electron chi connectivity index (χ2n) is 6.92. The molecule has 0 amide bonds. The molecule has 0 fully saturated rings. The van der Waals surface area contributed by atoms with Crippen LogP contribution < -0.4 is 0 Å². The van der Waals surface area contributed by atoms with Gasteiger partial charge in [-0.3, -0.25) is 0 Å². The van der Waals surface area contributed by atoms with Crippen LogP contribution in [-0.4, -0.2) is 11.1 Å². The van der Waals surface area contributed by atoms with Gasteiger partial charge in [0.1, 0.15) is 11.1 Å². The molecule has 1 aromatic carbocycles. The van der Waals surface area contributed by atoms with Crippen molar-refractivity contribution in [2.45, 2.75) is 51.6 Å². The molecular formula is C18H20I2N4. The summed E-state index contributed by atoms with van der Waals surface area (Å²) in [7, 11) is 0. The summed E-state index contributed by atoms with van der Waals surface area (Å²) < 4.78 is 2.47. The predicted octanol–water partition coefficient (Wildman–Crippen LogP) is 6.55. The number of hydrogen-bond donors (Lipinski definition) is 0. The largest absolute Gasteiger partial charge is 0.177 e. The number of benzene rings is 1. The summed E-state index contributed by atoms with van der Waals surface area (Å²) >= 11 is 4.74. The normalized spacial score (nSPS) is 29.2. The smallest absolute Gasteiger partial charge is 0.115 e. The minimum Gasteiger partial charge on any atom is -0.177 e. The predicted molar refractivity (Wildman–Crippen MR) is 114 cm³/mol. The number of allylic oxidation sites excluding steroid dienone is 2. The molecule has 0 spiro atoms. The number of nitrogens with zero attached hydrogens (tertiary/aromatic N) is 4. The molecular weight excluding hydrogens is 526 g/mol. The summed E-state index contributed by atoms with van der Waals surface area (Å²) in [5.74, 6) is 0. The fourth-order valence-corrected chi connectivity index (χ4v) is 3.93. The third kappa shape index (κ3) is 3.36. The van der Waals surface area contributed by atoms with E-state index in [0.717, 1.165) is 24.2 Å². The van der Waals surface area contributed by atoms with Crippen LogP contribution in [0.15, 0.2) is 63.3 Å². The van der Waals surface area contributed by atoms with Crippen molar-refractivity contribution in [1.82, 2.24) is 0 Å². The van der Waals surface area contributed by atoms with Gasteiger partial charge < -0.3 is 0 Å². The molecule has 2 atom stereocenters. The first-order valence-electron chi connectivity index (χ1n) is 7.91. The molecule has 0 bridgehead atoms. The average Bonchev–Trinajstić information content (AvgIpc) is 2.95. The van der Waals surface area contributed by atoms with Gasteiger partial charge in [-0.2, -0.15) is 20.5 Å². The average molecular weight is 546 g/mol. The van der Waals surface area contributed by atoms with E-state index in [0.29, 0.717) is 0 Å². The maximum Gasteiger partial charge on any atom is 0.115 e. The molecule has 126 valence electrons. The third-order valence-corrected chi connectivity index (χ3v) is 8.43. The van der Waals surface area contributed by atoms with Gasteiger partial charge in [-0.15, -0.1) is 0 Å². The van der Waals surface area contributed by atoms with Crippen molar-refractivity contribution < 1.29 is 0 Å². The second kappa shape index (κ2) is 6.59. The van der Waals surface area contributed by atoms with Crippen molar-refractivity contribution in [1.29, 1.82) is 0 Å². The molecule has 2 aliphatic heterocycles. The Labute approximate surface area is 170 Å². The van der Waals surface area contributed by atoms with E-state index in [-0.39, 0.29) is 11.1 Å². The molecule has 0 aliphatic carbocycles. The quantitative estimate of drug-likeness (QED) is 0.385. The molecule has 3 rings (SSSR count). The molecule has 6 heteroatoms. The number of azo groups is 2. The second-order valence-corrected chi connectivity index (χ2v) is 9.07. The summed E-state index contributed by atoms with van der Waals surface area (Å²) in [4.78, 5) is 0. The molecule has 2 unspecified atom stereocenters. The van der Waals surface area contributed by atoms with Crippen LogP contribution in [0, 0.1) is 0 Å². The standard InChI is InChI=1S/C18H20I2N4/c1-11-15(19)17(3,23-21-11)9-13-5-7-14(8-6-13)10-18(4)16(20)12(2)22-24-18/h5-8H,9-10H2,1-4H3. The van der Waals surface area contributed by atoms with Crippen LogP contribution in [0.1, 0.15) is 38.8 Å². The fraction of sp³-hybridized carbons (Fsp3) is 0.444. The van der Waals surface area contributed by atoms with E-state index in [1.165, 1.54) is 18.3 Å². The molecule has 2 aliphatic rings. The van der Waals surface area contributed by atoms with E-state index in [9.17, 15) is 0 Å². The van der Waals surface area contributed by atoms with Crippen molar-refractivity contribution in [3.05, 3.63) is 53.9 Å². The van der Waals surface area contributed by atoms with E-state index in [2.05, 4.69) is 104 Å². The zero-order valence-corrected chi connectivity index (χ0v) is 18.6. The lowest BCUT2D eigenvalue weighted by molar-refractivity contribution is 0.566. The Hall–Kier alpha value is -0.640. The molecule has 1 aromatic rings. The highest BCUT2D eigenvalue weighted by Gasteiger charge is 2.35. The van der Waals surface area contributed by atoms with Gasteiger partial charge in [0.2, 0.25) is 0 Å². The van der Waals surface area contributed by atoms with Gasteiger partial charge in [0.05, 0.1) is 11.4 Å². The van der Waals surface area contributed by atoms with Crippen LogP contribution in [0.4, 0.5) is 0 Å². The molecule has 0 N–H and O–H groups in total. The highest BCUT2D eigenvalue weighted by molar-refractivity contribution is 14.1. The lowest BCUT2D eigenvalue weighted by atomic mass is 9.90. The Bertz CT molecular complexity index is 725. The Balaban J connectivity index is 1.74. The minimum absolute atomic E-state index is 0.215. The van der Waals surface area contributed by atoms with Gasteiger partial charge in [0, 0.05) is 20.0 Å². The number of rotatable bonds is 4. The fourth-order valence-electron chi connectivity index (χ4n) is 3.12. The SMILES string of the molecule is CC1=C(I)C(C)(Cc2ccc(CC3(C)N=NC(C)=C3I)cc2)N=N1. The van der Waals surface area contributed by atoms with Crippen molar-refractivity contribution in [2.75, 3.05) is 0 Å². The van der Waals surface area contributed by atoms with Crippen LogP contribution in [0.2, 0.25) is 0 Å². The number of hydrogen-bond acceptors (Lipinski definition) is 4. The van der Waals surface area contributed by atoms with E-state index < -0.39 is 0 Å². The van der Waals surface area contributed by atoms with E-state index >= 15 is 0 Å². The molecule has 4 nitrogen and oxygen atoms in total. The van der Waals surface area contributed by atoms with Crippen molar-refractivity contribution >= 4 is 45.2 Å². The zero-order chi connectivity index (χ0) is 17.5. The maximum atomic E-state index is 4.47. The molecule has 0 aromatic heterocycles. The molecule has 0 saturated heterocycles. The summed E-state index contributed by atoms with van der Waals surface area (Å²) in [6.07, 6.45) is 1.75. The maximum absolute atomic E-state index is 4.47. The summed E-state index contributed by atoms with van der Waals surface area (Å²) in [6, 6.07) is 8.80. The highest BCUT2D eigenvalue weighted by atomic mass is 127. The molecule has 0 saturated carbocycles. The van der Waals surface area contributed by atoms with Crippen molar-refractivity contribution in [2.24, 2.45) is 20.5 Å². The third-order valence-electron chi connectivity index (χ3n) is 4.54. The lowest BCUT2D eigenvalue weighted by Gasteiger charge is -2.22. The Morgan fingerprint density at radius 1 is 0.750 bits per heavy atom. The zero-order valence-electron chi connectivity index (χ0n) is 14.3. The van der Waals surface area contributed by atoms with Gasteiger partial charge >= 0.3 is 0 Å². The first-order valence-corrected chi connectivity index (χ1v) is 10.1. The van der Waals surface area contributed by atoms with Crippen molar-refractivity contribution in [3.8, 4) is 0 Å². The Morgan fingerprint density at radius 3 is 1.33 bits per heavy atom. The van der Waals surface area contributed by atoms with Gasteiger partial charge in [-0.25, -0.2) is 0 Å². The Morgan fingerprint density at radius 2 is 1.08 bits per heavy atom. The summed E-state index contributed by atoms with van der Waals surface area (Å²) in [5, 5.41) is 17.4. The van der Waals surface area contributed by atoms with Gasteiger partial charge in [0.15, 0.2) is 0 Å². The van der Waals surface area contributed by atoms with E-state index in [1.54, 1.807) is 0 Å². The minimum atomic E-state index is -0.215. The lowest BCUT2D eigenvalue weighted by Crippen LogP contribution is -2.24. The van der Waals surface area contributed by atoms with Crippen LogP contribution in [-0.2, 0) is 12.8 Å². The monoisotopic (exact) mass is 546 g/mol. The first-order chi connectivity index (χ1) is 11.2. The highest BCUT2D eigenvalue weighted by Crippen LogP contribution is 2.40. The van der Waals surface area contributed by atoms with Gasteiger partial charge in [-0.1, -0.05) is 24.3 Å². The van der Waals surface area contributed by atoms with Crippen LogP contribution in [0.3, 0.4) is 0 Å². The summed E-state index contributed by atoms with van der Waals surface area (Å²) in [6.45, 7) is 8.35. The molecule has 2 heterocycles. The van der Waals surface area contributed by atoms with E-state index in [4.69, 9.17) is 0 Å². The van der Waals surface area contributed by atoms with Crippen LogP contribution >= 0.6 is 45.2 Å².